The molecule has 3 rings (SSSR count). The molecule has 0 spiro atoms. The number of hydrogen-bond donors (Lipinski definition) is 3. The summed E-state index contributed by atoms with van der Waals surface area (Å²) in [6.45, 7) is 1.62. The molecular weight excluding hydrogens is 455 g/mol. The highest BCUT2D eigenvalue weighted by Gasteiger charge is 2.31. The van der Waals surface area contributed by atoms with Crippen LogP contribution in [0.1, 0.15) is 24.5 Å². The summed E-state index contributed by atoms with van der Waals surface area (Å²) in [6.07, 6.45) is -0.883. The largest absolute Gasteiger partial charge is 0.387 e. The van der Waals surface area contributed by atoms with E-state index in [1.54, 1.807) is 38.2 Å². The Balaban J connectivity index is 2.09. The number of benzodiazepines with no additional fused rings is 1. The Hall–Kier alpha value is -2.81. The molecule has 0 aromatic heterocycles. The van der Waals surface area contributed by atoms with Crippen LogP contribution in [0, 0.1) is 5.41 Å². The molecule has 0 fully saturated rings. The second-order valence-corrected chi connectivity index (χ2v) is 8.16. The number of halogens is 2. The van der Waals surface area contributed by atoms with Gasteiger partial charge in [0.25, 0.3) is 5.91 Å². The monoisotopic (exact) mass is 474 g/mol. The van der Waals surface area contributed by atoms with Gasteiger partial charge in [-0.15, -0.1) is 0 Å². The highest BCUT2D eigenvalue weighted by Crippen LogP contribution is 2.31. The summed E-state index contributed by atoms with van der Waals surface area (Å²) in [7, 11) is 1.65. The summed E-state index contributed by atoms with van der Waals surface area (Å²) in [5, 5.41) is 11.3. The van der Waals surface area contributed by atoms with E-state index in [0.29, 0.717) is 38.3 Å². The molecule has 1 heterocycles. The fraction of sp³-hybridized carbons (Fsp3) is 0.190. The van der Waals surface area contributed by atoms with Gasteiger partial charge in [-0.2, -0.15) is 0 Å². The van der Waals surface area contributed by atoms with Crippen LogP contribution in [0.3, 0.4) is 0 Å². The first kappa shape index (κ1) is 22.9. The third kappa shape index (κ3) is 5.28. The van der Waals surface area contributed by atoms with E-state index in [9.17, 15) is 4.79 Å². The lowest BCUT2D eigenvalue weighted by Gasteiger charge is -2.21. The minimum atomic E-state index is -1.06. The van der Waals surface area contributed by atoms with Gasteiger partial charge in [0.15, 0.2) is 5.11 Å². The molecule has 1 aliphatic heterocycles. The SMILES string of the molecule is CC(=N)C/C(N)=N/C(=S)NC1N=C(c2ccccc2Cl)c2cc(Cl)ccc2N(C)C1=O. The van der Waals surface area contributed by atoms with Crippen molar-refractivity contribution >= 4 is 69.4 Å². The average Bonchev–Trinajstić information content (AvgIpc) is 2.78. The molecular formula is C21H20Cl2N6OS. The smallest absolute Gasteiger partial charge is 0.272 e. The van der Waals surface area contributed by atoms with Crippen LogP contribution in [-0.4, -0.2) is 41.5 Å². The number of thiocarbonyl (C=S) groups is 1. The normalized spacial score (nSPS) is 16.3. The van der Waals surface area contributed by atoms with Gasteiger partial charge >= 0.3 is 0 Å². The molecule has 1 atom stereocenters. The Kier molecular flexibility index (Phi) is 7.04. The summed E-state index contributed by atoms with van der Waals surface area (Å²) in [5.74, 6) is -0.171. The fourth-order valence-corrected chi connectivity index (χ4v) is 3.73. The first-order valence-corrected chi connectivity index (χ1v) is 10.4. The van der Waals surface area contributed by atoms with Gasteiger partial charge in [-0.3, -0.25) is 4.79 Å². The van der Waals surface area contributed by atoms with Gasteiger partial charge in [-0.1, -0.05) is 41.4 Å². The van der Waals surface area contributed by atoms with Crippen LogP contribution in [0.4, 0.5) is 5.69 Å². The number of aliphatic imine (C=N–C) groups is 2. The summed E-state index contributed by atoms with van der Waals surface area (Å²) in [5.41, 5.74) is 8.60. The number of carbonyl (C=O) groups excluding carboxylic acids is 1. The van der Waals surface area contributed by atoms with E-state index >= 15 is 0 Å². The summed E-state index contributed by atoms with van der Waals surface area (Å²) < 4.78 is 0. The number of anilines is 1. The van der Waals surface area contributed by atoms with Gasteiger partial charge in [0.05, 0.1) is 11.4 Å². The van der Waals surface area contributed by atoms with Crippen molar-refractivity contribution in [3.8, 4) is 0 Å². The topological polar surface area (TPSA) is 107 Å². The lowest BCUT2D eigenvalue weighted by atomic mass is 10.00. The number of benzene rings is 2. The van der Waals surface area contributed by atoms with E-state index in [2.05, 4.69) is 15.3 Å². The van der Waals surface area contributed by atoms with Crippen LogP contribution in [0.2, 0.25) is 10.0 Å². The van der Waals surface area contributed by atoms with Crippen molar-refractivity contribution in [1.82, 2.24) is 5.32 Å². The van der Waals surface area contributed by atoms with Crippen molar-refractivity contribution < 1.29 is 4.79 Å². The maximum absolute atomic E-state index is 13.2. The molecule has 0 saturated carbocycles. The molecule has 1 amide bonds. The Morgan fingerprint density at radius 1 is 1.29 bits per heavy atom. The van der Waals surface area contributed by atoms with E-state index in [1.165, 1.54) is 4.90 Å². The number of hydrogen-bond acceptors (Lipinski definition) is 4. The standard InChI is InChI=1S/C21H20Cl2N6OS/c1-11(24)9-17(25)26-21(31)28-19-20(30)29(2)16-8-7-12(22)10-14(16)18(27-19)13-5-3-4-6-15(13)23/h3-8,10,19,24H,9H2,1-2H3,(H3,25,26,28,31). The molecule has 7 nitrogen and oxygen atoms in total. The van der Waals surface area contributed by atoms with Crippen molar-refractivity contribution in [2.75, 3.05) is 11.9 Å². The van der Waals surface area contributed by atoms with Gasteiger partial charge in [0.2, 0.25) is 6.17 Å². The number of carbonyl (C=O) groups is 1. The summed E-state index contributed by atoms with van der Waals surface area (Å²) in [4.78, 5) is 23.4. The Morgan fingerprint density at radius 3 is 2.68 bits per heavy atom. The van der Waals surface area contributed by atoms with Crippen LogP contribution in [0.25, 0.3) is 0 Å². The molecule has 160 valence electrons. The van der Waals surface area contributed by atoms with Crippen molar-refractivity contribution in [2.45, 2.75) is 19.5 Å². The second-order valence-electron chi connectivity index (χ2n) is 6.93. The first-order chi connectivity index (χ1) is 14.7. The van der Waals surface area contributed by atoms with Crippen molar-refractivity contribution in [2.24, 2.45) is 15.7 Å². The van der Waals surface area contributed by atoms with Gasteiger partial charge < -0.3 is 21.4 Å². The minimum absolute atomic E-state index is 0.00301. The number of nitrogens with one attached hydrogen (secondary N) is 2. The predicted molar refractivity (Wildman–Crippen MR) is 131 cm³/mol. The Morgan fingerprint density at radius 2 is 2.00 bits per heavy atom. The Bertz CT molecular complexity index is 1130. The zero-order valence-corrected chi connectivity index (χ0v) is 19.1. The molecule has 0 bridgehead atoms. The van der Waals surface area contributed by atoms with Crippen LogP contribution < -0.4 is 16.0 Å². The number of likely N-dealkylation sites (N-methyl/N-ethyl adjacent to an activating group) is 1. The molecule has 1 aliphatic rings. The van der Waals surface area contributed by atoms with Gasteiger partial charge in [0, 0.05) is 40.4 Å². The average molecular weight is 475 g/mol. The van der Waals surface area contributed by atoms with Gasteiger partial charge in [-0.05, 0) is 43.4 Å². The molecule has 2 aromatic rings. The molecule has 10 heteroatoms. The third-order valence-corrected chi connectivity index (χ3v) is 5.25. The predicted octanol–water partition coefficient (Wildman–Crippen LogP) is 3.79. The maximum atomic E-state index is 13.2. The quantitative estimate of drug-likeness (QED) is 0.355. The molecule has 31 heavy (non-hydrogen) atoms. The van der Waals surface area contributed by atoms with E-state index in [0.717, 1.165) is 0 Å². The number of fused-ring (bicyclic) bond motifs is 1. The van der Waals surface area contributed by atoms with Crippen LogP contribution >= 0.6 is 35.4 Å². The van der Waals surface area contributed by atoms with Crippen LogP contribution in [0.5, 0.6) is 0 Å². The summed E-state index contributed by atoms with van der Waals surface area (Å²) >= 11 is 17.9. The first-order valence-electron chi connectivity index (χ1n) is 9.25. The lowest BCUT2D eigenvalue weighted by molar-refractivity contribution is -0.119. The highest BCUT2D eigenvalue weighted by molar-refractivity contribution is 7.80. The van der Waals surface area contributed by atoms with Crippen molar-refractivity contribution in [3.05, 3.63) is 63.6 Å². The third-order valence-electron chi connectivity index (χ3n) is 4.48. The number of amidine groups is 1. The fourth-order valence-electron chi connectivity index (χ4n) is 3.10. The highest BCUT2D eigenvalue weighted by atomic mass is 35.5. The number of nitrogens with zero attached hydrogens (tertiary/aromatic N) is 3. The van der Waals surface area contributed by atoms with E-state index in [4.69, 9.17) is 46.6 Å². The molecule has 0 radical (unpaired) electrons. The van der Waals surface area contributed by atoms with E-state index in [1.807, 2.05) is 18.2 Å². The van der Waals surface area contributed by atoms with Crippen LogP contribution in [0.15, 0.2) is 52.4 Å². The number of nitrogens with two attached hydrogens (primary N) is 1. The summed E-state index contributed by atoms with van der Waals surface area (Å²) in [6, 6.07) is 12.4. The van der Waals surface area contributed by atoms with E-state index in [-0.39, 0.29) is 23.3 Å². The number of amides is 1. The molecule has 0 saturated heterocycles. The zero-order chi connectivity index (χ0) is 22.7. The van der Waals surface area contributed by atoms with Crippen LogP contribution in [-0.2, 0) is 4.79 Å². The molecule has 0 aliphatic carbocycles. The van der Waals surface area contributed by atoms with Crippen molar-refractivity contribution in [3.63, 3.8) is 0 Å². The van der Waals surface area contributed by atoms with Gasteiger partial charge in [-0.25, -0.2) is 9.98 Å². The van der Waals surface area contributed by atoms with E-state index < -0.39 is 6.17 Å². The number of rotatable bonds is 4. The molecule has 2 aromatic carbocycles. The minimum Gasteiger partial charge on any atom is -0.387 e. The maximum Gasteiger partial charge on any atom is 0.272 e. The van der Waals surface area contributed by atoms with Crippen molar-refractivity contribution in [1.29, 1.82) is 5.41 Å². The zero-order valence-electron chi connectivity index (χ0n) is 16.8. The second kappa shape index (κ2) is 9.55. The Labute approximate surface area is 195 Å². The lowest BCUT2D eigenvalue weighted by Crippen LogP contribution is -2.45. The molecule has 4 N–H and O–H groups in total. The van der Waals surface area contributed by atoms with Gasteiger partial charge in [0.1, 0.15) is 5.84 Å². The molecule has 1 unspecified atom stereocenters.